The van der Waals surface area contributed by atoms with E-state index in [1.807, 2.05) is 55.5 Å². The lowest BCUT2D eigenvalue weighted by Crippen LogP contribution is -2.38. The van der Waals surface area contributed by atoms with Crippen molar-refractivity contribution in [3.63, 3.8) is 0 Å². The van der Waals surface area contributed by atoms with Gasteiger partial charge in [-0.2, -0.15) is 0 Å². The minimum absolute atomic E-state index is 0.231. The van der Waals surface area contributed by atoms with Crippen molar-refractivity contribution in [1.82, 2.24) is 15.5 Å². The predicted octanol–water partition coefficient (Wildman–Crippen LogP) is 3.50. The SMILES string of the molecule is CCOc1cccc(OC(C)C(=O)NCCOc2ccc(-c3ccccc3)nn2)c1. The molecule has 0 bridgehead atoms. The molecule has 156 valence electrons. The summed E-state index contributed by atoms with van der Waals surface area (Å²) in [6, 6.07) is 20.6. The zero-order valence-corrected chi connectivity index (χ0v) is 17.1. The van der Waals surface area contributed by atoms with Crippen molar-refractivity contribution in [3.8, 4) is 28.6 Å². The number of hydrogen-bond donors (Lipinski definition) is 1. The van der Waals surface area contributed by atoms with Gasteiger partial charge in [0.2, 0.25) is 5.88 Å². The molecule has 1 unspecified atom stereocenters. The van der Waals surface area contributed by atoms with E-state index in [4.69, 9.17) is 14.2 Å². The summed E-state index contributed by atoms with van der Waals surface area (Å²) in [7, 11) is 0. The van der Waals surface area contributed by atoms with Crippen molar-refractivity contribution in [1.29, 1.82) is 0 Å². The van der Waals surface area contributed by atoms with E-state index in [-0.39, 0.29) is 12.5 Å². The molecule has 3 aromatic rings. The lowest BCUT2D eigenvalue weighted by Gasteiger charge is -2.15. The third-order valence-corrected chi connectivity index (χ3v) is 4.16. The second-order valence-electron chi connectivity index (χ2n) is 6.43. The lowest BCUT2D eigenvalue weighted by atomic mass is 10.1. The third-order valence-electron chi connectivity index (χ3n) is 4.16. The maximum absolute atomic E-state index is 12.2. The minimum atomic E-state index is -0.646. The Morgan fingerprint density at radius 2 is 1.77 bits per heavy atom. The van der Waals surface area contributed by atoms with E-state index in [2.05, 4.69) is 15.5 Å². The first kappa shape index (κ1) is 21.1. The molecular weight excluding hydrogens is 382 g/mol. The molecule has 0 radical (unpaired) electrons. The molecule has 0 aliphatic rings. The average Bonchev–Trinajstić information content (AvgIpc) is 2.78. The summed E-state index contributed by atoms with van der Waals surface area (Å²) in [6.07, 6.45) is -0.646. The zero-order chi connectivity index (χ0) is 21.2. The fraction of sp³-hybridized carbons (Fsp3) is 0.261. The van der Waals surface area contributed by atoms with Gasteiger partial charge in [-0.3, -0.25) is 4.79 Å². The van der Waals surface area contributed by atoms with E-state index in [9.17, 15) is 4.79 Å². The van der Waals surface area contributed by atoms with Crippen LogP contribution in [0.3, 0.4) is 0 Å². The highest BCUT2D eigenvalue weighted by molar-refractivity contribution is 5.80. The molecule has 1 atom stereocenters. The van der Waals surface area contributed by atoms with E-state index >= 15 is 0 Å². The van der Waals surface area contributed by atoms with Crippen LogP contribution in [0.1, 0.15) is 13.8 Å². The fourth-order valence-electron chi connectivity index (χ4n) is 2.70. The summed E-state index contributed by atoms with van der Waals surface area (Å²) in [5.41, 5.74) is 1.76. The second-order valence-corrected chi connectivity index (χ2v) is 6.43. The Balaban J connectivity index is 1.40. The predicted molar refractivity (Wildman–Crippen MR) is 114 cm³/mol. The van der Waals surface area contributed by atoms with E-state index < -0.39 is 6.10 Å². The second kappa shape index (κ2) is 10.8. The van der Waals surface area contributed by atoms with Crippen molar-refractivity contribution < 1.29 is 19.0 Å². The number of benzene rings is 2. The van der Waals surface area contributed by atoms with Crippen LogP contribution in [-0.4, -0.2) is 42.0 Å². The first-order chi connectivity index (χ1) is 14.7. The van der Waals surface area contributed by atoms with Crippen LogP contribution in [0.4, 0.5) is 0 Å². The molecule has 3 rings (SSSR count). The van der Waals surface area contributed by atoms with Gasteiger partial charge in [-0.1, -0.05) is 36.4 Å². The number of carbonyl (C=O) groups is 1. The normalized spacial score (nSPS) is 11.4. The van der Waals surface area contributed by atoms with E-state index in [0.717, 1.165) is 11.3 Å². The van der Waals surface area contributed by atoms with Crippen molar-refractivity contribution >= 4 is 5.91 Å². The molecule has 0 aliphatic carbocycles. The van der Waals surface area contributed by atoms with Crippen molar-refractivity contribution in [2.45, 2.75) is 20.0 Å². The highest BCUT2D eigenvalue weighted by Crippen LogP contribution is 2.20. The van der Waals surface area contributed by atoms with Gasteiger partial charge < -0.3 is 19.5 Å². The number of nitrogens with one attached hydrogen (secondary N) is 1. The number of hydrogen-bond acceptors (Lipinski definition) is 6. The molecule has 1 amide bonds. The number of rotatable bonds is 10. The molecule has 0 spiro atoms. The Kier molecular flexibility index (Phi) is 7.60. The molecule has 1 heterocycles. The van der Waals surface area contributed by atoms with Crippen LogP contribution in [-0.2, 0) is 4.79 Å². The van der Waals surface area contributed by atoms with E-state index in [1.54, 1.807) is 25.1 Å². The third kappa shape index (κ3) is 6.20. The summed E-state index contributed by atoms with van der Waals surface area (Å²) in [6.45, 7) is 4.77. The van der Waals surface area contributed by atoms with Gasteiger partial charge in [-0.05, 0) is 32.0 Å². The minimum Gasteiger partial charge on any atom is -0.494 e. The van der Waals surface area contributed by atoms with Crippen LogP contribution >= 0.6 is 0 Å². The van der Waals surface area contributed by atoms with Gasteiger partial charge in [0.1, 0.15) is 18.1 Å². The number of carbonyl (C=O) groups excluding carboxylic acids is 1. The Morgan fingerprint density at radius 1 is 0.967 bits per heavy atom. The zero-order valence-electron chi connectivity index (χ0n) is 17.1. The standard InChI is InChI=1S/C23H25N3O4/c1-3-28-19-10-7-11-20(16-19)30-17(2)23(27)24-14-15-29-22-13-12-21(25-26-22)18-8-5-4-6-9-18/h4-13,16-17H,3,14-15H2,1-2H3,(H,24,27). The van der Waals surface area contributed by atoms with Crippen molar-refractivity contribution in [3.05, 3.63) is 66.7 Å². The summed E-state index contributed by atoms with van der Waals surface area (Å²) >= 11 is 0. The van der Waals surface area contributed by atoms with Gasteiger partial charge in [0.25, 0.3) is 5.91 Å². The van der Waals surface area contributed by atoms with Gasteiger partial charge >= 0.3 is 0 Å². The molecule has 0 saturated carbocycles. The topological polar surface area (TPSA) is 82.6 Å². The van der Waals surface area contributed by atoms with Gasteiger partial charge in [0.15, 0.2) is 6.10 Å². The quantitative estimate of drug-likeness (QED) is 0.518. The molecule has 0 aliphatic heterocycles. The van der Waals surface area contributed by atoms with Crippen LogP contribution < -0.4 is 19.5 Å². The molecular formula is C23H25N3O4. The number of aromatic nitrogens is 2. The summed E-state index contributed by atoms with van der Waals surface area (Å²) in [5, 5.41) is 11.0. The van der Waals surface area contributed by atoms with Crippen molar-refractivity contribution in [2.24, 2.45) is 0 Å². The van der Waals surface area contributed by atoms with Crippen LogP contribution in [0.5, 0.6) is 17.4 Å². The number of amides is 1. The van der Waals surface area contributed by atoms with Crippen LogP contribution in [0.25, 0.3) is 11.3 Å². The van der Waals surface area contributed by atoms with Gasteiger partial charge in [-0.25, -0.2) is 0 Å². The maximum Gasteiger partial charge on any atom is 0.260 e. The molecule has 1 aromatic heterocycles. The van der Waals surface area contributed by atoms with E-state index in [1.165, 1.54) is 0 Å². The molecule has 0 saturated heterocycles. The molecule has 1 N–H and O–H groups in total. The molecule has 7 nitrogen and oxygen atoms in total. The monoisotopic (exact) mass is 407 g/mol. The maximum atomic E-state index is 12.2. The summed E-state index contributed by atoms with van der Waals surface area (Å²) in [5.74, 6) is 1.45. The molecule has 0 fully saturated rings. The molecule has 30 heavy (non-hydrogen) atoms. The van der Waals surface area contributed by atoms with Gasteiger partial charge in [-0.15, -0.1) is 10.2 Å². The first-order valence-corrected chi connectivity index (χ1v) is 9.85. The summed E-state index contributed by atoms with van der Waals surface area (Å²) in [4.78, 5) is 12.2. The smallest absolute Gasteiger partial charge is 0.260 e. The average molecular weight is 407 g/mol. The first-order valence-electron chi connectivity index (χ1n) is 9.85. The highest BCUT2D eigenvalue weighted by Gasteiger charge is 2.14. The molecule has 7 heteroatoms. The highest BCUT2D eigenvalue weighted by atomic mass is 16.5. The van der Waals surface area contributed by atoms with Crippen LogP contribution in [0.15, 0.2) is 66.7 Å². The van der Waals surface area contributed by atoms with Crippen molar-refractivity contribution in [2.75, 3.05) is 19.8 Å². The van der Waals surface area contributed by atoms with Crippen LogP contribution in [0.2, 0.25) is 0 Å². The molecule has 2 aromatic carbocycles. The Hall–Kier alpha value is -3.61. The number of nitrogens with zero attached hydrogens (tertiary/aromatic N) is 2. The van der Waals surface area contributed by atoms with E-state index in [0.29, 0.717) is 30.5 Å². The van der Waals surface area contributed by atoms with Gasteiger partial charge in [0.05, 0.1) is 18.8 Å². The Morgan fingerprint density at radius 3 is 2.50 bits per heavy atom. The Labute approximate surface area is 176 Å². The van der Waals surface area contributed by atoms with Crippen LogP contribution in [0, 0.1) is 0 Å². The lowest BCUT2D eigenvalue weighted by molar-refractivity contribution is -0.127. The largest absolute Gasteiger partial charge is 0.494 e. The summed E-state index contributed by atoms with van der Waals surface area (Å²) < 4.78 is 16.7. The number of ether oxygens (including phenoxy) is 3. The Bertz CT molecular complexity index is 933. The van der Waals surface area contributed by atoms with Gasteiger partial charge in [0, 0.05) is 17.7 Å². The fourth-order valence-corrected chi connectivity index (χ4v) is 2.70.